The Morgan fingerprint density at radius 2 is 2.05 bits per heavy atom. The third-order valence-corrected chi connectivity index (χ3v) is 6.08. The number of nitrogens with one attached hydrogen (secondary N) is 1. The average molecular weight is 525 g/mol. The van der Waals surface area contributed by atoms with Crippen LogP contribution >= 0.6 is 0 Å². The van der Waals surface area contributed by atoms with E-state index in [2.05, 4.69) is 10.2 Å². The molecule has 2 heterocycles. The number of anilines is 2. The lowest BCUT2D eigenvalue weighted by atomic mass is 9.90. The van der Waals surface area contributed by atoms with Gasteiger partial charge in [0.1, 0.15) is 6.04 Å². The standard InChI is InChI=1S/C26H22F3N5O4/c1-15-21(23(36)38-2)22(20-10-9-16(14-30)12-17(20)6-3-4-11-35)34-24(31-32-25(34)37)33(15)19-8-5-7-18(13-19)26(27,28)29/h3,5-10,12-13,22,35H,4,11H2,1-2H3,(H,32,37)/t22-/m1/s1. The van der Waals surface area contributed by atoms with Crippen LogP contribution in [0.1, 0.15) is 41.6 Å². The van der Waals surface area contributed by atoms with E-state index in [1.165, 1.54) is 30.0 Å². The van der Waals surface area contributed by atoms with E-state index in [1.54, 1.807) is 24.3 Å². The predicted molar refractivity (Wildman–Crippen MR) is 131 cm³/mol. The number of aliphatic hydroxyl groups excluding tert-OH is 1. The summed E-state index contributed by atoms with van der Waals surface area (Å²) < 4.78 is 46.6. The molecule has 0 radical (unpaired) electrons. The van der Waals surface area contributed by atoms with E-state index in [0.717, 1.165) is 23.8 Å². The normalized spacial score (nSPS) is 15.5. The van der Waals surface area contributed by atoms with E-state index in [9.17, 15) is 33.1 Å². The number of esters is 1. The maximum atomic E-state index is 13.5. The van der Waals surface area contributed by atoms with Gasteiger partial charge in [0.05, 0.1) is 29.9 Å². The number of hydrogen-bond acceptors (Lipinski definition) is 7. The van der Waals surface area contributed by atoms with Crippen LogP contribution in [0.2, 0.25) is 0 Å². The number of hydrogen-bond donors (Lipinski definition) is 2. The highest BCUT2D eigenvalue weighted by Gasteiger charge is 2.40. The summed E-state index contributed by atoms with van der Waals surface area (Å²) in [4.78, 5) is 27.5. The quantitative estimate of drug-likeness (QED) is 0.466. The number of methoxy groups -OCH3 is 1. The van der Waals surface area contributed by atoms with Crippen molar-refractivity contribution in [3.05, 3.63) is 92.5 Å². The number of halogens is 3. The summed E-state index contributed by atoms with van der Waals surface area (Å²) in [6, 6.07) is 10.1. The molecule has 0 amide bonds. The fourth-order valence-corrected chi connectivity index (χ4v) is 4.40. The Kier molecular flexibility index (Phi) is 7.23. The van der Waals surface area contributed by atoms with Crippen molar-refractivity contribution in [2.45, 2.75) is 25.6 Å². The first-order valence-corrected chi connectivity index (χ1v) is 11.4. The number of H-pyrrole nitrogens is 1. The van der Waals surface area contributed by atoms with Gasteiger partial charge >= 0.3 is 17.8 Å². The fraction of sp³-hybridized carbons (Fsp3) is 0.231. The Morgan fingerprint density at radius 3 is 2.71 bits per heavy atom. The summed E-state index contributed by atoms with van der Waals surface area (Å²) in [5, 5.41) is 25.0. The maximum Gasteiger partial charge on any atom is 0.416 e. The molecule has 0 spiro atoms. The van der Waals surface area contributed by atoms with Crippen molar-refractivity contribution in [2.75, 3.05) is 18.6 Å². The molecule has 3 aromatic rings. The number of alkyl halides is 3. The van der Waals surface area contributed by atoms with E-state index >= 15 is 0 Å². The second-order valence-corrected chi connectivity index (χ2v) is 8.35. The molecule has 0 saturated heterocycles. The number of nitriles is 1. The Labute approximate surface area is 214 Å². The molecule has 0 unspecified atom stereocenters. The number of fused-ring (bicyclic) bond motifs is 1. The molecule has 0 bridgehead atoms. The Bertz CT molecular complexity index is 1550. The van der Waals surface area contributed by atoms with E-state index < -0.39 is 29.4 Å². The van der Waals surface area contributed by atoms with Crippen molar-refractivity contribution < 1.29 is 27.8 Å². The summed E-state index contributed by atoms with van der Waals surface area (Å²) in [6.07, 6.45) is -0.980. The first-order valence-electron chi connectivity index (χ1n) is 11.4. The Balaban J connectivity index is 2.02. The number of ether oxygens (including phenoxy) is 1. The van der Waals surface area contributed by atoms with Gasteiger partial charge in [0, 0.05) is 18.0 Å². The molecule has 0 aliphatic carbocycles. The van der Waals surface area contributed by atoms with Gasteiger partial charge in [-0.15, -0.1) is 5.10 Å². The lowest BCUT2D eigenvalue weighted by Crippen LogP contribution is -2.38. The van der Waals surface area contributed by atoms with E-state index in [0.29, 0.717) is 23.1 Å². The molecular formula is C26H22F3N5O4. The highest BCUT2D eigenvalue weighted by Crippen LogP contribution is 2.43. The van der Waals surface area contributed by atoms with Crippen LogP contribution < -0.4 is 10.6 Å². The minimum Gasteiger partial charge on any atom is -0.466 e. The zero-order chi connectivity index (χ0) is 27.6. The SMILES string of the molecule is COC(=O)C1=C(C)N(c2cccc(C(F)(F)F)c2)c2n[nH]c(=O)n2[C@@H]1c1ccc(C#N)cc1C=CCCO. The number of benzene rings is 2. The number of carbonyl (C=O) groups excluding carboxylic acids is 1. The van der Waals surface area contributed by atoms with Gasteiger partial charge in [-0.2, -0.15) is 18.4 Å². The van der Waals surface area contributed by atoms with Crippen LogP contribution in [0, 0.1) is 11.3 Å². The molecule has 196 valence electrons. The molecule has 1 aromatic heterocycles. The van der Waals surface area contributed by atoms with Crippen molar-refractivity contribution in [1.82, 2.24) is 14.8 Å². The fourth-order valence-electron chi connectivity index (χ4n) is 4.40. The van der Waals surface area contributed by atoms with Crippen molar-refractivity contribution in [1.29, 1.82) is 5.26 Å². The smallest absolute Gasteiger partial charge is 0.416 e. The van der Waals surface area contributed by atoms with Gasteiger partial charge in [0.15, 0.2) is 0 Å². The van der Waals surface area contributed by atoms with Crippen LogP contribution in [0.4, 0.5) is 24.8 Å². The molecule has 12 heteroatoms. The molecule has 9 nitrogen and oxygen atoms in total. The minimum atomic E-state index is -4.62. The average Bonchev–Trinajstić information content (AvgIpc) is 3.28. The van der Waals surface area contributed by atoms with Gasteiger partial charge in [0.2, 0.25) is 5.95 Å². The van der Waals surface area contributed by atoms with Crippen LogP contribution in [-0.4, -0.2) is 39.6 Å². The van der Waals surface area contributed by atoms with Gasteiger partial charge in [0.25, 0.3) is 0 Å². The van der Waals surface area contributed by atoms with Crippen molar-refractivity contribution in [2.24, 2.45) is 0 Å². The van der Waals surface area contributed by atoms with Crippen molar-refractivity contribution in [3.63, 3.8) is 0 Å². The monoisotopic (exact) mass is 525 g/mol. The molecular weight excluding hydrogens is 503 g/mol. The van der Waals surface area contributed by atoms with Crippen LogP contribution in [-0.2, 0) is 15.7 Å². The second kappa shape index (κ2) is 10.4. The van der Waals surface area contributed by atoms with Crippen LogP contribution in [0.3, 0.4) is 0 Å². The summed E-state index contributed by atoms with van der Waals surface area (Å²) >= 11 is 0. The van der Waals surface area contributed by atoms with E-state index in [4.69, 9.17) is 4.74 Å². The molecule has 0 fully saturated rings. The first kappa shape index (κ1) is 26.4. The van der Waals surface area contributed by atoms with Crippen molar-refractivity contribution in [3.8, 4) is 6.07 Å². The third-order valence-electron chi connectivity index (χ3n) is 6.08. The molecule has 38 heavy (non-hydrogen) atoms. The third kappa shape index (κ3) is 4.71. The van der Waals surface area contributed by atoms with Gasteiger partial charge < -0.3 is 9.84 Å². The molecule has 0 saturated carbocycles. The van der Waals surface area contributed by atoms with Gasteiger partial charge in [-0.05, 0) is 54.8 Å². The topological polar surface area (TPSA) is 124 Å². The summed E-state index contributed by atoms with van der Waals surface area (Å²) in [5.41, 5.74) is -0.179. The molecule has 1 aliphatic heterocycles. The van der Waals surface area contributed by atoms with Gasteiger partial charge in [-0.25, -0.2) is 19.3 Å². The largest absolute Gasteiger partial charge is 0.466 e. The Morgan fingerprint density at radius 1 is 1.29 bits per heavy atom. The first-order chi connectivity index (χ1) is 18.1. The summed E-state index contributed by atoms with van der Waals surface area (Å²) in [7, 11) is 1.16. The van der Waals surface area contributed by atoms with E-state index in [-0.39, 0.29) is 29.5 Å². The molecule has 4 rings (SSSR count). The van der Waals surface area contributed by atoms with Gasteiger partial charge in [-0.3, -0.25) is 4.90 Å². The van der Waals surface area contributed by atoms with Crippen LogP contribution in [0.5, 0.6) is 0 Å². The highest BCUT2D eigenvalue weighted by atomic mass is 19.4. The lowest BCUT2D eigenvalue weighted by Gasteiger charge is -2.36. The molecule has 2 aromatic carbocycles. The number of aromatic amines is 1. The van der Waals surface area contributed by atoms with Gasteiger partial charge in [-0.1, -0.05) is 24.3 Å². The molecule has 1 atom stereocenters. The molecule has 1 aliphatic rings. The Hall–Kier alpha value is -4.63. The number of rotatable bonds is 6. The van der Waals surface area contributed by atoms with E-state index in [1.807, 2.05) is 6.07 Å². The number of nitrogens with zero attached hydrogens (tertiary/aromatic N) is 4. The van der Waals surface area contributed by atoms with Crippen LogP contribution in [0.25, 0.3) is 6.08 Å². The highest BCUT2D eigenvalue weighted by molar-refractivity contribution is 5.94. The number of aromatic nitrogens is 3. The minimum absolute atomic E-state index is 0.0116. The second-order valence-electron chi connectivity index (χ2n) is 8.35. The lowest BCUT2D eigenvalue weighted by molar-refractivity contribution is -0.138. The summed E-state index contributed by atoms with van der Waals surface area (Å²) in [6.45, 7) is 1.41. The van der Waals surface area contributed by atoms with Crippen molar-refractivity contribution >= 4 is 23.7 Å². The maximum absolute atomic E-state index is 13.5. The zero-order valence-corrected chi connectivity index (χ0v) is 20.3. The summed E-state index contributed by atoms with van der Waals surface area (Å²) in [5.74, 6) is -0.850. The number of carbonyl (C=O) groups is 1. The van der Waals surface area contributed by atoms with Crippen LogP contribution in [0.15, 0.2) is 64.6 Å². The number of allylic oxidation sites excluding steroid dienone is 1. The zero-order valence-electron chi connectivity index (χ0n) is 20.3. The molecule has 2 N–H and O–H groups in total. The predicted octanol–water partition coefficient (Wildman–Crippen LogP) is 4.05. The number of aliphatic hydroxyl groups is 1.